The van der Waals surface area contributed by atoms with E-state index in [4.69, 9.17) is 11.5 Å². The highest BCUT2D eigenvalue weighted by Gasteiger charge is 2.25. The summed E-state index contributed by atoms with van der Waals surface area (Å²) in [6.45, 7) is 1.53. The molecular formula is C11H18N4O3S2. The van der Waals surface area contributed by atoms with Gasteiger partial charge in [0.1, 0.15) is 4.21 Å². The summed E-state index contributed by atoms with van der Waals surface area (Å²) in [5.74, 6) is -0.363. The van der Waals surface area contributed by atoms with Gasteiger partial charge >= 0.3 is 0 Å². The molecule has 112 valence electrons. The normalized spacial score (nSPS) is 18.2. The van der Waals surface area contributed by atoms with Crippen LogP contribution in [0, 0.1) is 0 Å². The van der Waals surface area contributed by atoms with Crippen molar-refractivity contribution in [3.05, 3.63) is 11.4 Å². The Morgan fingerprint density at radius 2 is 2.10 bits per heavy atom. The maximum Gasteiger partial charge on any atom is 0.250 e. The first-order valence-electron chi connectivity index (χ1n) is 6.24. The fourth-order valence-corrected chi connectivity index (χ4v) is 4.58. The highest BCUT2D eigenvalue weighted by Crippen LogP contribution is 2.22. The molecule has 7 nitrogen and oxygen atoms in total. The van der Waals surface area contributed by atoms with E-state index in [-0.39, 0.29) is 22.7 Å². The molecular weight excluding hydrogens is 300 g/mol. The number of rotatable bonds is 5. The predicted octanol–water partition coefficient (Wildman–Crippen LogP) is -0.442. The van der Waals surface area contributed by atoms with Gasteiger partial charge in [0.05, 0.1) is 6.54 Å². The number of hydrogen-bond donors (Lipinski definition) is 3. The number of primary amides is 1. The van der Waals surface area contributed by atoms with Crippen LogP contribution < -0.4 is 16.2 Å². The van der Waals surface area contributed by atoms with E-state index in [2.05, 4.69) is 4.72 Å². The molecule has 5 N–H and O–H groups in total. The van der Waals surface area contributed by atoms with Crippen LogP contribution in [-0.4, -0.2) is 44.9 Å². The van der Waals surface area contributed by atoms with Crippen molar-refractivity contribution in [3.63, 3.8) is 0 Å². The molecule has 1 amide bonds. The number of hydrogen-bond acceptors (Lipinski definition) is 6. The van der Waals surface area contributed by atoms with Crippen LogP contribution in [0.5, 0.6) is 0 Å². The average molecular weight is 318 g/mol. The van der Waals surface area contributed by atoms with Crippen molar-refractivity contribution in [1.82, 2.24) is 9.62 Å². The van der Waals surface area contributed by atoms with Gasteiger partial charge in [-0.2, -0.15) is 0 Å². The van der Waals surface area contributed by atoms with Crippen LogP contribution in [0.3, 0.4) is 0 Å². The van der Waals surface area contributed by atoms with Crippen molar-refractivity contribution in [1.29, 1.82) is 0 Å². The molecule has 0 spiro atoms. The van der Waals surface area contributed by atoms with Crippen LogP contribution >= 0.6 is 11.3 Å². The lowest BCUT2D eigenvalue weighted by molar-refractivity contribution is -0.119. The van der Waals surface area contributed by atoms with Gasteiger partial charge in [0.25, 0.3) is 0 Å². The topological polar surface area (TPSA) is 119 Å². The smallest absolute Gasteiger partial charge is 0.250 e. The van der Waals surface area contributed by atoms with E-state index >= 15 is 0 Å². The van der Waals surface area contributed by atoms with Gasteiger partial charge in [-0.1, -0.05) is 0 Å². The number of carbonyl (C=O) groups is 1. The van der Waals surface area contributed by atoms with E-state index in [9.17, 15) is 13.2 Å². The van der Waals surface area contributed by atoms with Crippen LogP contribution in [0.25, 0.3) is 0 Å². The lowest BCUT2D eigenvalue weighted by atomic mass is 10.1. The number of nitrogens with one attached hydrogen (secondary N) is 1. The maximum atomic E-state index is 12.1. The van der Waals surface area contributed by atoms with E-state index in [1.807, 2.05) is 4.90 Å². The zero-order valence-corrected chi connectivity index (χ0v) is 12.5. The molecule has 1 aromatic rings. The highest BCUT2D eigenvalue weighted by molar-refractivity contribution is 7.91. The third-order valence-electron chi connectivity index (χ3n) is 3.15. The van der Waals surface area contributed by atoms with Crippen molar-refractivity contribution in [2.45, 2.75) is 23.1 Å². The number of nitrogens with two attached hydrogens (primary N) is 2. The second kappa shape index (κ2) is 6.08. The zero-order valence-electron chi connectivity index (χ0n) is 10.9. The Kier molecular flexibility index (Phi) is 4.63. The fourth-order valence-electron chi connectivity index (χ4n) is 2.18. The molecule has 0 radical (unpaired) electrons. The fraction of sp³-hybridized carbons (Fsp3) is 0.545. The summed E-state index contributed by atoms with van der Waals surface area (Å²) < 4.78 is 27.2. The van der Waals surface area contributed by atoms with Gasteiger partial charge < -0.3 is 11.5 Å². The van der Waals surface area contributed by atoms with E-state index in [0.717, 1.165) is 11.3 Å². The Morgan fingerprint density at radius 1 is 1.45 bits per heavy atom. The number of anilines is 1. The van der Waals surface area contributed by atoms with Gasteiger partial charge in [-0.3, -0.25) is 9.69 Å². The molecule has 0 saturated carbocycles. The summed E-state index contributed by atoms with van der Waals surface area (Å²) in [4.78, 5) is 12.8. The predicted molar refractivity (Wildman–Crippen MR) is 77.7 cm³/mol. The molecule has 9 heteroatoms. The number of carbonyl (C=O) groups excluding carboxylic acids is 1. The summed E-state index contributed by atoms with van der Waals surface area (Å²) >= 11 is 1.11. The highest BCUT2D eigenvalue weighted by atomic mass is 32.2. The minimum Gasteiger partial charge on any atom is -0.398 e. The minimum atomic E-state index is -3.50. The van der Waals surface area contributed by atoms with Crippen LogP contribution in [0.2, 0.25) is 0 Å². The summed E-state index contributed by atoms with van der Waals surface area (Å²) in [6, 6.07) is 1.34. The SMILES string of the molecule is NC(=O)CN1CCC(NS(=O)(=O)c2cc(N)cs2)CC1. The van der Waals surface area contributed by atoms with Crippen LogP contribution in [0.4, 0.5) is 5.69 Å². The Labute approximate surface area is 122 Å². The van der Waals surface area contributed by atoms with Gasteiger partial charge in [0.15, 0.2) is 0 Å². The zero-order chi connectivity index (χ0) is 14.8. The second-order valence-corrected chi connectivity index (χ2v) is 7.69. The van der Waals surface area contributed by atoms with Crippen molar-refractivity contribution in [2.24, 2.45) is 5.73 Å². The number of piperidine rings is 1. The van der Waals surface area contributed by atoms with Gasteiger partial charge in [-0.15, -0.1) is 11.3 Å². The monoisotopic (exact) mass is 318 g/mol. The summed E-state index contributed by atoms with van der Waals surface area (Å²) in [5.41, 5.74) is 11.1. The molecule has 2 rings (SSSR count). The number of sulfonamides is 1. The third-order valence-corrected chi connectivity index (χ3v) is 6.13. The van der Waals surface area contributed by atoms with E-state index in [1.54, 1.807) is 5.38 Å². The molecule has 1 aliphatic rings. The first-order chi connectivity index (χ1) is 9.37. The third kappa shape index (κ3) is 3.92. The van der Waals surface area contributed by atoms with Gasteiger partial charge in [0.2, 0.25) is 15.9 Å². The summed E-state index contributed by atoms with van der Waals surface area (Å²) in [5, 5.41) is 1.60. The number of nitrogen functional groups attached to an aromatic ring is 1. The lowest BCUT2D eigenvalue weighted by Crippen LogP contribution is -2.46. The number of nitrogens with zero attached hydrogens (tertiary/aromatic N) is 1. The molecule has 0 aromatic carbocycles. The van der Waals surface area contributed by atoms with Gasteiger partial charge in [-0.05, 0) is 18.9 Å². The Morgan fingerprint density at radius 3 is 2.60 bits per heavy atom. The maximum absolute atomic E-state index is 12.1. The molecule has 0 bridgehead atoms. The van der Waals surface area contributed by atoms with Gasteiger partial charge in [0, 0.05) is 30.2 Å². The van der Waals surface area contributed by atoms with Crippen molar-refractivity contribution >= 4 is 33.0 Å². The summed E-state index contributed by atoms with van der Waals surface area (Å²) in [7, 11) is -3.50. The molecule has 20 heavy (non-hydrogen) atoms. The summed E-state index contributed by atoms with van der Waals surface area (Å²) in [6.07, 6.45) is 1.32. The minimum absolute atomic E-state index is 0.118. The van der Waals surface area contributed by atoms with E-state index in [0.29, 0.717) is 31.6 Å². The quantitative estimate of drug-likeness (QED) is 0.680. The van der Waals surface area contributed by atoms with E-state index in [1.165, 1.54) is 6.07 Å². The molecule has 1 fully saturated rings. The van der Waals surface area contributed by atoms with Crippen molar-refractivity contribution in [2.75, 3.05) is 25.4 Å². The Hall–Kier alpha value is -1.16. The Balaban J connectivity index is 1.91. The molecule has 0 unspecified atom stereocenters. The van der Waals surface area contributed by atoms with Gasteiger partial charge in [-0.25, -0.2) is 13.1 Å². The Bertz CT molecular complexity index is 576. The number of likely N-dealkylation sites (tertiary alicyclic amines) is 1. The van der Waals surface area contributed by atoms with Crippen LogP contribution in [-0.2, 0) is 14.8 Å². The van der Waals surface area contributed by atoms with Crippen LogP contribution in [0.1, 0.15) is 12.8 Å². The molecule has 1 aliphatic heterocycles. The van der Waals surface area contributed by atoms with Crippen LogP contribution in [0.15, 0.2) is 15.7 Å². The standard InChI is InChI=1S/C11H18N4O3S2/c12-8-5-11(19-7-8)20(17,18)14-9-1-3-15(4-2-9)6-10(13)16/h5,7,9,14H,1-4,6,12H2,(H2,13,16). The first-order valence-corrected chi connectivity index (χ1v) is 8.60. The molecule has 0 aliphatic carbocycles. The molecule has 0 atom stereocenters. The first kappa shape index (κ1) is 15.2. The average Bonchev–Trinajstić information content (AvgIpc) is 2.78. The van der Waals surface area contributed by atoms with Crippen molar-refractivity contribution in [3.8, 4) is 0 Å². The molecule has 1 aromatic heterocycles. The molecule has 1 saturated heterocycles. The molecule has 2 heterocycles. The lowest BCUT2D eigenvalue weighted by Gasteiger charge is -2.31. The van der Waals surface area contributed by atoms with Crippen molar-refractivity contribution < 1.29 is 13.2 Å². The van der Waals surface area contributed by atoms with E-state index < -0.39 is 10.0 Å². The largest absolute Gasteiger partial charge is 0.398 e. The number of thiophene rings is 1. The number of amides is 1. The second-order valence-electron chi connectivity index (χ2n) is 4.84.